The average molecular weight is 286 g/mol. The first-order valence-electron chi connectivity index (χ1n) is 6.85. The predicted octanol–water partition coefficient (Wildman–Crippen LogP) is 1.07. The Balaban J connectivity index is 2.09. The normalized spacial score (nSPS) is 29.6. The highest BCUT2D eigenvalue weighted by Crippen LogP contribution is 2.52. The van der Waals surface area contributed by atoms with E-state index in [-0.39, 0.29) is 12.2 Å². The van der Waals surface area contributed by atoms with Crippen LogP contribution in [0.5, 0.6) is 0 Å². The molecule has 0 bridgehead atoms. The summed E-state index contributed by atoms with van der Waals surface area (Å²) in [4.78, 5) is 28.6. The maximum absolute atomic E-state index is 11.7. The molecule has 0 radical (unpaired) electrons. The van der Waals surface area contributed by atoms with Gasteiger partial charge in [0.25, 0.3) is 0 Å². The second-order valence-electron chi connectivity index (χ2n) is 5.47. The molecule has 21 heavy (non-hydrogen) atoms. The van der Waals surface area contributed by atoms with E-state index in [0.29, 0.717) is 11.4 Å². The smallest absolute Gasteiger partial charge is 0.314 e. The fourth-order valence-corrected chi connectivity index (χ4v) is 3.03. The molecule has 0 saturated carbocycles. The summed E-state index contributed by atoms with van der Waals surface area (Å²) in [6.07, 6.45) is -0.251. The maximum atomic E-state index is 11.7. The van der Waals surface area contributed by atoms with Crippen molar-refractivity contribution in [3.05, 3.63) is 56.2 Å². The van der Waals surface area contributed by atoms with Crippen LogP contribution in [0.25, 0.3) is 11.3 Å². The summed E-state index contributed by atoms with van der Waals surface area (Å²) >= 11 is 0. The highest BCUT2D eigenvalue weighted by Gasteiger charge is 2.54. The Morgan fingerprint density at radius 3 is 2.33 bits per heavy atom. The Morgan fingerprint density at radius 1 is 1.00 bits per heavy atom. The van der Waals surface area contributed by atoms with Crippen LogP contribution in [0, 0.1) is 0 Å². The Morgan fingerprint density at radius 2 is 1.62 bits per heavy atom. The minimum atomic E-state index is -1.14. The zero-order chi connectivity index (χ0) is 14.8. The van der Waals surface area contributed by atoms with E-state index in [2.05, 4.69) is 9.97 Å². The van der Waals surface area contributed by atoms with Crippen molar-refractivity contribution in [1.29, 1.82) is 0 Å². The van der Waals surface area contributed by atoms with Crippen molar-refractivity contribution in [3.8, 4) is 11.3 Å². The second-order valence-corrected chi connectivity index (χ2v) is 5.47. The molecule has 6 heteroatoms. The molecule has 1 aliphatic heterocycles. The van der Waals surface area contributed by atoms with Crippen LogP contribution in [0.2, 0.25) is 0 Å². The molecule has 4 rings (SSSR count). The number of aromatic nitrogens is 2. The molecule has 2 aromatic rings. The van der Waals surface area contributed by atoms with E-state index >= 15 is 0 Å². The third-order valence-corrected chi connectivity index (χ3v) is 4.18. The van der Waals surface area contributed by atoms with Gasteiger partial charge in [-0.05, 0) is 13.8 Å². The quantitative estimate of drug-likeness (QED) is 0.709. The molecule has 1 aromatic heterocycles. The zero-order valence-corrected chi connectivity index (χ0v) is 11.6. The fourth-order valence-electron chi connectivity index (χ4n) is 3.03. The summed E-state index contributed by atoms with van der Waals surface area (Å²) < 4.78 is 12.1. The average Bonchev–Trinajstić information content (AvgIpc) is 2.89. The molecule has 2 heterocycles. The van der Waals surface area contributed by atoms with E-state index in [4.69, 9.17) is 9.47 Å². The van der Waals surface area contributed by atoms with Gasteiger partial charge in [-0.2, -0.15) is 0 Å². The topological polar surface area (TPSA) is 84.2 Å². The SMILES string of the molecule is CC1OC2(OC1C)c1ccccc1-c1[nH]c(=O)c(=O)[nH]c12. The number of benzene rings is 1. The van der Waals surface area contributed by atoms with Crippen molar-refractivity contribution in [2.45, 2.75) is 31.8 Å². The third kappa shape index (κ3) is 1.48. The molecule has 2 unspecified atom stereocenters. The van der Waals surface area contributed by atoms with E-state index in [1.165, 1.54) is 0 Å². The van der Waals surface area contributed by atoms with Gasteiger partial charge in [-0.3, -0.25) is 9.59 Å². The summed E-state index contributed by atoms with van der Waals surface area (Å²) in [6.45, 7) is 3.84. The summed E-state index contributed by atoms with van der Waals surface area (Å²) in [7, 11) is 0. The molecular weight excluding hydrogens is 272 g/mol. The lowest BCUT2D eigenvalue weighted by atomic mass is 10.1. The van der Waals surface area contributed by atoms with E-state index in [1.807, 2.05) is 38.1 Å². The second kappa shape index (κ2) is 3.93. The summed E-state index contributed by atoms with van der Waals surface area (Å²) in [5, 5.41) is 0. The summed E-state index contributed by atoms with van der Waals surface area (Å²) in [5.74, 6) is -1.14. The van der Waals surface area contributed by atoms with E-state index < -0.39 is 16.9 Å². The Labute approximate surface area is 119 Å². The summed E-state index contributed by atoms with van der Waals surface area (Å²) in [6, 6.07) is 7.50. The predicted molar refractivity (Wildman–Crippen MR) is 75.0 cm³/mol. The third-order valence-electron chi connectivity index (χ3n) is 4.18. The van der Waals surface area contributed by atoms with Crippen molar-refractivity contribution in [2.75, 3.05) is 0 Å². The summed E-state index contributed by atoms with van der Waals surface area (Å²) in [5.41, 5.74) is 1.23. The number of hydrogen-bond donors (Lipinski definition) is 2. The van der Waals surface area contributed by atoms with Crippen molar-refractivity contribution < 1.29 is 9.47 Å². The highest BCUT2D eigenvalue weighted by molar-refractivity contribution is 5.74. The monoisotopic (exact) mass is 286 g/mol. The molecular formula is C15H14N2O4. The van der Waals surface area contributed by atoms with E-state index in [1.54, 1.807) is 0 Å². The molecule has 2 atom stereocenters. The molecule has 1 spiro atoms. The number of H-pyrrole nitrogens is 2. The van der Waals surface area contributed by atoms with Gasteiger partial charge in [-0.25, -0.2) is 0 Å². The number of nitrogens with one attached hydrogen (secondary N) is 2. The van der Waals surface area contributed by atoms with Crippen molar-refractivity contribution in [3.63, 3.8) is 0 Å². The fraction of sp³-hybridized carbons (Fsp3) is 0.333. The lowest BCUT2D eigenvalue weighted by Crippen LogP contribution is -2.36. The van der Waals surface area contributed by atoms with Gasteiger partial charge in [0, 0.05) is 11.1 Å². The molecule has 2 aliphatic rings. The van der Waals surface area contributed by atoms with Gasteiger partial charge in [-0.15, -0.1) is 0 Å². The number of ether oxygens (including phenoxy) is 2. The standard InChI is InChI=1S/C15H14N2O4/c1-7-8(2)21-15(20-7)10-6-4-3-5-9(10)11-12(15)17-14(19)13(18)16-11/h3-8H,1-2H3,(H,16,18)(H,17,19). The Bertz CT molecular complexity index is 841. The van der Waals surface area contributed by atoms with Crippen molar-refractivity contribution in [2.24, 2.45) is 0 Å². The van der Waals surface area contributed by atoms with Crippen LogP contribution in [0.1, 0.15) is 25.1 Å². The van der Waals surface area contributed by atoms with Crippen LogP contribution in [0.3, 0.4) is 0 Å². The molecule has 1 aromatic carbocycles. The molecule has 108 valence electrons. The Kier molecular flexibility index (Phi) is 2.35. The number of fused-ring (bicyclic) bond motifs is 5. The largest absolute Gasteiger partial charge is 0.335 e. The van der Waals surface area contributed by atoms with Crippen LogP contribution in [0.4, 0.5) is 0 Å². The lowest BCUT2D eigenvalue weighted by molar-refractivity contribution is -0.147. The van der Waals surface area contributed by atoms with Crippen LogP contribution in [0.15, 0.2) is 33.9 Å². The van der Waals surface area contributed by atoms with Crippen molar-refractivity contribution >= 4 is 0 Å². The molecule has 1 fully saturated rings. The Hall–Kier alpha value is -2.18. The minimum absolute atomic E-state index is 0.126. The first kappa shape index (κ1) is 12.6. The highest BCUT2D eigenvalue weighted by atomic mass is 16.8. The maximum Gasteiger partial charge on any atom is 0.314 e. The van der Waals surface area contributed by atoms with Crippen molar-refractivity contribution in [1.82, 2.24) is 9.97 Å². The van der Waals surface area contributed by atoms with E-state index in [0.717, 1.165) is 11.1 Å². The van der Waals surface area contributed by atoms with E-state index in [9.17, 15) is 9.59 Å². The first-order valence-corrected chi connectivity index (χ1v) is 6.85. The van der Waals surface area contributed by atoms with Gasteiger partial charge < -0.3 is 19.4 Å². The zero-order valence-electron chi connectivity index (χ0n) is 11.6. The van der Waals surface area contributed by atoms with Gasteiger partial charge in [0.1, 0.15) is 5.69 Å². The molecule has 2 N–H and O–H groups in total. The minimum Gasteiger partial charge on any atom is -0.335 e. The molecule has 1 saturated heterocycles. The van der Waals surface area contributed by atoms with Crippen LogP contribution in [-0.4, -0.2) is 22.2 Å². The van der Waals surface area contributed by atoms with Gasteiger partial charge in [0.2, 0.25) is 5.79 Å². The number of hydrogen-bond acceptors (Lipinski definition) is 4. The van der Waals surface area contributed by atoms with Gasteiger partial charge in [-0.1, -0.05) is 24.3 Å². The van der Waals surface area contributed by atoms with Gasteiger partial charge >= 0.3 is 11.1 Å². The van der Waals surface area contributed by atoms with Crippen LogP contribution in [-0.2, 0) is 15.3 Å². The number of rotatable bonds is 0. The van der Waals surface area contributed by atoms with Gasteiger partial charge in [0.15, 0.2) is 0 Å². The van der Waals surface area contributed by atoms with Crippen LogP contribution < -0.4 is 11.1 Å². The molecule has 6 nitrogen and oxygen atoms in total. The van der Waals surface area contributed by atoms with Gasteiger partial charge in [0.05, 0.1) is 17.9 Å². The number of aromatic amines is 2. The first-order chi connectivity index (χ1) is 10.0. The molecule has 0 amide bonds. The molecule has 1 aliphatic carbocycles. The van der Waals surface area contributed by atoms with Crippen LogP contribution >= 0.6 is 0 Å². The lowest BCUT2D eigenvalue weighted by Gasteiger charge is -2.24.